The molecule has 1 aliphatic rings. The number of aliphatic hydroxyl groups is 1. The number of hydrogen-bond acceptors (Lipinski definition) is 4. The van der Waals surface area contributed by atoms with Gasteiger partial charge in [0.1, 0.15) is 17.2 Å². The van der Waals surface area contributed by atoms with Crippen LogP contribution in [0.3, 0.4) is 0 Å². The number of carbonyl (C=O) groups is 1. The summed E-state index contributed by atoms with van der Waals surface area (Å²) >= 11 is 0. The summed E-state index contributed by atoms with van der Waals surface area (Å²) in [6.45, 7) is 5.47. The molecule has 0 atom stereocenters. The highest BCUT2D eigenvalue weighted by Gasteiger charge is 2.35. The van der Waals surface area contributed by atoms with E-state index in [1.54, 1.807) is 18.1 Å². The molecule has 0 unspecified atom stereocenters. The van der Waals surface area contributed by atoms with Crippen molar-refractivity contribution in [3.8, 4) is 17.2 Å². The van der Waals surface area contributed by atoms with Crippen LogP contribution in [-0.2, 0) is 0 Å². The average molecular weight is 427 g/mol. The van der Waals surface area contributed by atoms with Crippen LogP contribution in [0.25, 0.3) is 0 Å². The number of carbonyl (C=O) groups excluding carboxylic acids is 1. The molecule has 1 aliphatic heterocycles. The van der Waals surface area contributed by atoms with Crippen LogP contribution in [0.2, 0.25) is 0 Å². The number of ether oxygens (including phenoxy) is 2. The predicted molar refractivity (Wildman–Crippen MR) is 123 cm³/mol. The van der Waals surface area contributed by atoms with Gasteiger partial charge in [-0.3, -0.25) is 0 Å². The number of hydrogen-bond donors (Lipinski definition) is 2. The zero-order valence-electron chi connectivity index (χ0n) is 18.8. The van der Waals surface area contributed by atoms with E-state index in [0.717, 1.165) is 25.0 Å². The summed E-state index contributed by atoms with van der Waals surface area (Å²) in [4.78, 5) is 14.5. The minimum atomic E-state index is -0.653. The molecule has 0 radical (unpaired) electrons. The molecule has 0 spiro atoms. The van der Waals surface area contributed by atoms with Gasteiger partial charge in [-0.1, -0.05) is 32.8 Å². The smallest absolute Gasteiger partial charge is 0.321 e. The van der Waals surface area contributed by atoms with Crippen LogP contribution in [-0.4, -0.2) is 41.8 Å². The van der Waals surface area contributed by atoms with Crippen LogP contribution in [0, 0.1) is 5.92 Å². The second-order valence-electron chi connectivity index (χ2n) is 8.33. The molecule has 31 heavy (non-hydrogen) atoms. The summed E-state index contributed by atoms with van der Waals surface area (Å²) in [7, 11) is 1.62. The largest absolute Gasteiger partial charge is 0.497 e. The number of amides is 2. The van der Waals surface area contributed by atoms with Gasteiger partial charge in [-0.15, -0.1) is 0 Å². The quantitative estimate of drug-likeness (QED) is 0.570. The highest BCUT2D eigenvalue weighted by molar-refractivity contribution is 5.89. The van der Waals surface area contributed by atoms with Crippen LogP contribution in [0.15, 0.2) is 48.5 Å². The van der Waals surface area contributed by atoms with Crippen molar-refractivity contribution in [1.82, 2.24) is 4.90 Å². The topological polar surface area (TPSA) is 71.0 Å². The maximum absolute atomic E-state index is 12.7. The van der Waals surface area contributed by atoms with Gasteiger partial charge < -0.3 is 24.8 Å². The van der Waals surface area contributed by atoms with Gasteiger partial charge in [0, 0.05) is 24.8 Å². The number of nitrogens with zero attached hydrogens (tertiary/aromatic N) is 1. The van der Waals surface area contributed by atoms with E-state index in [1.807, 2.05) is 42.5 Å². The Morgan fingerprint density at radius 1 is 1.06 bits per heavy atom. The SMILES string of the molecule is CCC(CC)CC1(O)CCN(C(=O)Nc2cccc(Oc3ccc(OC)cc3)c2)CC1. The maximum atomic E-state index is 12.7. The lowest BCUT2D eigenvalue weighted by molar-refractivity contribution is -0.0309. The Bertz CT molecular complexity index is 841. The molecule has 3 rings (SSSR count). The van der Waals surface area contributed by atoms with Gasteiger partial charge in [0.15, 0.2) is 0 Å². The fourth-order valence-electron chi connectivity index (χ4n) is 4.06. The summed E-state index contributed by atoms with van der Waals surface area (Å²) < 4.78 is 11.0. The fourth-order valence-corrected chi connectivity index (χ4v) is 4.06. The second-order valence-corrected chi connectivity index (χ2v) is 8.33. The molecule has 2 amide bonds. The Kier molecular flexibility index (Phi) is 7.80. The van der Waals surface area contributed by atoms with E-state index in [1.165, 1.54) is 0 Å². The van der Waals surface area contributed by atoms with Crippen molar-refractivity contribution in [3.63, 3.8) is 0 Å². The number of urea groups is 1. The molecule has 2 aromatic carbocycles. The molecule has 1 saturated heterocycles. The van der Waals surface area contributed by atoms with Crippen LogP contribution >= 0.6 is 0 Å². The maximum Gasteiger partial charge on any atom is 0.321 e. The summed E-state index contributed by atoms with van der Waals surface area (Å²) in [6.07, 6.45) is 4.23. The van der Waals surface area contributed by atoms with Crippen LogP contribution in [0.5, 0.6) is 17.2 Å². The van der Waals surface area contributed by atoms with E-state index in [0.29, 0.717) is 49.0 Å². The Morgan fingerprint density at radius 2 is 1.71 bits per heavy atom. The number of benzene rings is 2. The van der Waals surface area contributed by atoms with E-state index in [4.69, 9.17) is 9.47 Å². The average Bonchev–Trinajstić information content (AvgIpc) is 2.78. The number of likely N-dealkylation sites (tertiary alicyclic amines) is 1. The fraction of sp³-hybridized carbons (Fsp3) is 0.480. The lowest BCUT2D eigenvalue weighted by atomic mass is 9.81. The van der Waals surface area contributed by atoms with Gasteiger partial charge in [-0.05, 0) is 61.6 Å². The van der Waals surface area contributed by atoms with E-state index in [2.05, 4.69) is 19.2 Å². The minimum absolute atomic E-state index is 0.147. The van der Waals surface area contributed by atoms with Crippen molar-refractivity contribution in [2.45, 2.75) is 51.6 Å². The first-order valence-corrected chi connectivity index (χ1v) is 11.1. The second kappa shape index (κ2) is 10.5. The first-order valence-electron chi connectivity index (χ1n) is 11.1. The van der Waals surface area contributed by atoms with Gasteiger partial charge in [0.2, 0.25) is 0 Å². The molecule has 6 heteroatoms. The van der Waals surface area contributed by atoms with E-state index in [-0.39, 0.29) is 6.03 Å². The Balaban J connectivity index is 1.54. The van der Waals surface area contributed by atoms with Crippen LogP contribution < -0.4 is 14.8 Å². The third-order valence-electron chi connectivity index (χ3n) is 6.19. The Hall–Kier alpha value is -2.73. The Labute approximate surface area is 185 Å². The summed E-state index contributed by atoms with van der Waals surface area (Å²) in [5, 5.41) is 13.9. The summed E-state index contributed by atoms with van der Waals surface area (Å²) in [5.41, 5.74) is 0.0217. The van der Waals surface area contributed by atoms with E-state index in [9.17, 15) is 9.90 Å². The van der Waals surface area contributed by atoms with Crippen molar-refractivity contribution in [2.24, 2.45) is 5.92 Å². The highest BCUT2D eigenvalue weighted by Crippen LogP contribution is 2.32. The van der Waals surface area contributed by atoms with E-state index >= 15 is 0 Å². The normalized spacial score (nSPS) is 15.6. The third kappa shape index (κ3) is 6.37. The van der Waals surface area contributed by atoms with Gasteiger partial charge in [0.05, 0.1) is 12.7 Å². The zero-order valence-corrected chi connectivity index (χ0v) is 18.8. The molecule has 0 saturated carbocycles. The molecule has 2 N–H and O–H groups in total. The van der Waals surface area contributed by atoms with Gasteiger partial charge >= 0.3 is 6.03 Å². The number of anilines is 1. The van der Waals surface area contributed by atoms with E-state index < -0.39 is 5.60 Å². The molecule has 2 aromatic rings. The summed E-state index contributed by atoms with van der Waals surface area (Å²) in [6, 6.07) is 14.5. The molecule has 1 heterocycles. The molecular weight excluding hydrogens is 392 g/mol. The number of rotatable bonds is 8. The Morgan fingerprint density at radius 3 is 2.32 bits per heavy atom. The third-order valence-corrected chi connectivity index (χ3v) is 6.19. The number of nitrogens with one attached hydrogen (secondary N) is 1. The standard InChI is InChI=1S/C25H34N2O4/c1-4-19(5-2)18-25(29)13-15-27(16-14-25)24(28)26-20-7-6-8-23(17-20)31-22-11-9-21(30-3)10-12-22/h6-12,17,19,29H,4-5,13-16,18H2,1-3H3,(H,26,28). The van der Waals surface area contributed by atoms with Crippen molar-refractivity contribution >= 4 is 11.7 Å². The molecular formula is C25H34N2O4. The van der Waals surface area contributed by atoms with Crippen LogP contribution in [0.4, 0.5) is 10.5 Å². The first-order chi connectivity index (χ1) is 14.9. The molecule has 0 bridgehead atoms. The van der Waals surface area contributed by atoms with Crippen molar-refractivity contribution < 1.29 is 19.4 Å². The van der Waals surface area contributed by atoms with Gasteiger partial charge in [0.25, 0.3) is 0 Å². The van der Waals surface area contributed by atoms with Crippen molar-refractivity contribution in [2.75, 3.05) is 25.5 Å². The lowest BCUT2D eigenvalue weighted by Crippen LogP contribution is -2.48. The molecule has 1 fully saturated rings. The number of piperidine rings is 1. The monoisotopic (exact) mass is 426 g/mol. The van der Waals surface area contributed by atoms with Gasteiger partial charge in [-0.25, -0.2) is 4.79 Å². The highest BCUT2D eigenvalue weighted by atomic mass is 16.5. The summed E-state index contributed by atoms with van der Waals surface area (Å²) in [5.74, 6) is 2.64. The van der Waals surface area contributed by atoms with Gasteiger partial charge in [-0.2, -0.15) is 0 Å². The molecule has 0 aromatic heterocycles. The van der Waals surface area contributed by atoms with Crippen LogP contribution in [0.1, 0.15) is 46.0 Å². The zero-order chi connectivity index (χ0) is 22.3. The number of methoxy groups -OCH3 is 1. The predicted octanol–water partition coefficient (Wildman–Crippen LogP) is 5.67. The molecule has 168 valence electrons. The minimum Gasteiger partial charge on any atom is -0.497 e. The van der Waals surface area contributed by atoms with Crippen molar-refractivity contribution in [3.05, 3.63) is 48.5 Å². The molecule has 6 nitrogen and oxygen atoms in total. The van der Waals surface area contributed by atoms with Crippen molar-refractivity contribution in [1.29, 1.82) is 0 Å². The first kappa shape index (κ1) is 22.9. The molecule has 0 aliphatic carbocycles. The lowest BCUT2D eigenvalue weighted by Gasteiger charge is -2.39.